The quantitative estimate of drug-likeness (QED) is 0.233. The number of hydrogen-bond acceptors (Lipinski definition) is 10. The van der Waals surface area contributed by atoms with E-state index in [9.17, 15) is 34.5 Å². The number of aliphatic hydroxyl groups is 3. The van der Waals surface area contributed by atoms with Crippen molar-refractivity contribution in [3.63, 3.8) is 0 Å². The Labute approximate surface area is 256 Å². The molecular weight excluding hydrogens is 566 g/mol. The zero-order chi connectivity index (χ0) is 31.9. The average molecular weight is 604 g/mol. The second kappa shape index (κ2) is 17.6. The lowest BCUT2D eigenvalue weighted by molar-refractivity contribution is -0.166. The molecule has 4 rings (SSSR count). The highest BCUT2D eigenvalue weighted by Gasteiger charge is 2.35. The van der Waals surface area contributed by atoms with E-state index >= 15 is 0 Å². The summed E-state index contributed by atoms with van der Waals surface area (Å²) >= 11 is 0. The third-order valence-corrected chi connectivity index (χ3v) is 6.83. The van der Waals surface area contributed by atoms with Gasteiger partial charge in [-0.2, -0.15) is 0 Å². The van der Waals surface area contributed by atoms with Crippen molar-refractivity contribution in [2.24, 2.45) is 5.92 Å². The Hall–Kier alpha value is -4.48. The smallest absolute Gasteiger partial charge is 0.346 e. The molecule has 0 bridgehead atoms. The normalized spacial score (nSPS) is 15.9. The van der Waals surface area contributed by atoms with Gasteiger partial charge in [0, 0.05) is 19.0 Å². The third kappa shape index (κ3) is 10.1. The van der Waals surface area contributed by atoms with Crippen LogP contribution in [0.4, 0.5) is 0 Å². The number of aliphatic hydroxyl groups excluding tert-OH is 3. The Balaban J connectivity index is 0.000000257. The van der Waals surface area contributed by atoms with E-state index in [4.69, 9.17) is 0 Å². The molecule has 3 aromatic carbocycles. The molecule has 10 heteroatoms. The van der Waals surface area contributed by atoms with E-state index in [0.717, 1.165) is 19.6 Å². The number of esters is 4. The van der Waals surface area contributed by atoms with Crippen molar-refractivity contribution in [3.05, 3.63) is 114 Å². The summed E-state index contributed by atoms with van der Waals surface area (Å²) < 4.78 is 8.76. The van der Waals surface area contributed by atoms with Crippen molar-refractivity contribution >= 4 is 29.5 Å². The fourth-order valence-electron chi connectivity index (χ4n) is 4.41. The molecule has 0 saturated carbocycles. The van der Waals surface area contributed by atoms with Crippen LogP contribution in [0, 0.1) is 5.92 Å². The molecule has 3 atom stereocenters. The molecular formula is C34H37NO9. The van der Waals surface area contributed by atoms with Gasteiger partial charge in [0.2, 0.25) is 0 Å². The van der Waals surface area contributed by atoms with Crippen LogP contribution in [0.1, 0.15) is 46.0 Å². The van der Waals surface area contributed by atoms with E-state index in [2.05, 4.69) is 51.6 Å². The molecule has 3 unspecified atom stereocenters. The Morgan fingerprint density at radius 3 is 1.66 bits per heavy atom. The van der Waals surface area contributed by atoms with Crippen molar-refractivity contribution in [2.45, 2.75) is 32.0 Å². The summed E-state index contributed by atoms with van der Waals surface area (Å²) in [4.78, 5) is 49.2. The number of carbonyl (C=O) groups is 4. The molecule has 3 N–H and O–H groups in total. The summed E-state index contributed by atoms with van der Waals surface area (Å²) in [6, 6.07) is 25.3. The van der Waals surface area contributed by atoms with Crippen LogP contribution in [0.5, 0.6) is 0 Å². The van der Waals surface area contributed by atoms with E-state index in [1.807, 2.05) is 6.07 Å². The Morgan fingerprint density at radius 1 is 0.773 bits per heavy atom. The van der Waals surface area contributed by atoms with E-state index in [-0.39, 0.29) is 23.7 Å². The standard InChI is InChI=1S/C18H14O8.C16H23NO/c19-13(17(23)25-15(21)11-7-3-1-4-8-11)14(20)18(24)26-16(22)12-9-5-2-6-10-12;1-2-3-10-17-11-9-16(15(12-17)13-18)14-7-5-4-6-8-14/h1-10,13-14,19-20H;4-9,15,18H,2-3,10-13H2,1H3. The zero-order valence-corrected chi connectivity index (χ0v) is 24.5. The van der Waals surface area contributed by atoms with Crippen LogP contribution in [0.25, 0.3) is 5.57 Å². The number of nitrogens with zero attached hydrogens (tertiary/aromatic N) is 1. The second-order valence-corrected chi connectivity index (χ2v) is 10.1. The topological polar surface area (TPSA) is 151 Å². The van der Waals surface area contributed by atoms with Crippen molar-refractivity contribution in [1.82, 2.24) is 4.90 Å². The Bertz CT molecular complexity index is 1320. The highest BCUT2D eigenvalue weighted by Crippen LogP contribution is 2.27. The SMILES string of the molecule is CCCCN1CC=C(c2ccccc2)C(CO)C1.O=C(OC(=O)C(O)C(O)C(=O)OC(=O)c1ccccc1)c1ccccc1. The van der Waals surface area contributed by atoms with E-state index in [1.165, 1.54) is 72.5 Å². The molecule has 0 fully saturated rings. The summed E-state index contributed by atoms with van der Waals surface area (Å²) in [6.45, 7) is 5.60. The molecule has 3 aromatic rings. The van der Waals surface area contributed by atoms with Crippen molar-refractivity contribution in [1.29, 1.82) is 0 Å². The Morgan fingerprint density at radius 2 is 1.23 bits per heavy atom. The lowest BCUT2D eigenvalue weighted by atomic mass is 9.89. The number of ether oxygens (including phenoxy) is 2. The van der Waals surface area contributed by atoms with Crippen LogP contribution < -0.4 is 0 Å². The molecule has 44 heavy (non-hydrogen) atoms. The first kappa shape index (κ1) is 34.0. The van der Waals surface area contributed by atoms with Gasteiger partial charge in [-0.3, -0.25) is 4.90 Å². The second-order valence-electron chi connectivity index (χ2n) is 10.1. The van der Waals surface area contributed by atoms with Gasteiger partial charge in [0.1, 0.15) is 0 Å². The number of unbranched alkanes of at least 4 members (excludes halogenated alkanes) is 1. The molecule has 0 aromatic heterocycles. The molecule has 10 nitrogen and oxygen atoms in total. The molecule has 0 spiro atoms. The largest absolute Gasteiger partial charge is 0.396 e. The summed E-state index contributed by atoms with van der Waals surface area (Å²) in [5.41, 5.74) is 2.63. The molecule has 1 aliphatic rings. The van der Waals surface area contributed by atoms with Crippen LogP contribution in [0.15, 0.2) is 97.1 Å². The van der Waals surface area contributed by atoms with Crippen LogP contribution in [0.3, 0.4) is 0 Å². The van der Waals surface area contributed by atoms with Gasteiger partial charge in [-0.1, -0.05) is 86.2 Å². The average Bonchev–Trinajstić information content (AvgIpc) is 3.07. The van der Waals surface area contributed by atoms with Gasteiger partial charge < -0.3 is 24.8 Å². The number of benzene rings is 3. The van der Waals surface area contributed by atoms with Crippen molar-refractivity contribution < 1.29 is 44.0 Å². The lowest BCUT2D eigenvalue weighted by Crippen LogP contribution is -2.43. The van der Waals surface area contributed by atoms with E-state index < -0.39 is 36.1 Å². The molecule has 0 aliphatic carbocycles. The highest BCUT2D eigenvalue weighted by atomic mass is 16.6. The first-order valence-corrected chi connectivity index (χ1v) is 14.3. The van der Waals surface area contributed by atoms with Crippen LogP contribution in [-0.4, -0.2) is 82.5 Å². The van der Waals surface area contributed by atoms with E-state index in [0.29, 0.717) is 0 Å². The minimum absolute atomic E-state index is 0.0318. The highest BCUT2D eigenvalue weighted by molar-refractivity contribution is 6.01. The third-order valence-electron chi connectivity index (χ3n) is 6.83. The van der Waals surface area contributed by atoms with Crippen LogP contribution in [-0.2, 0) is 19.1 Å². The Kier molecular flexibility index (Phi) is 13.6. The molecule has 232 valence electrons. The van der Waals surface area contributed by atoms with Gasteiger partial charge in [0.15, 0.2) is 12.2 Å². The molecule has 1 aliphatic heterocycles. The maximum atomic E-state index is 11.7. The van der Waals surface area contributed by atoms with E-state index in [1.54, 1.807) is 12.1 Å². The summed E-state index contributed by atoms with van der Waals surface area (Å²) in [5.74, 6) is -5.00. The number of hydrogen-bond donors (Lipinski definition) is 3. The predicted molar refractivity (Wildman–Crippen MR) is 162 cm³/mol. The van der Waals surface area contributed by atoms with Gasteiger partial charge in [0.25, 0.3) is 0 Å². The minimum atomic E-state index is -2.40. The molecule has 0 radical (unpaired) electrons. The van der Waals surface area contributed by atoms with Gasteiger partial charge >= 0.3 is 23.9 Å². The summed E-state index contributed by atoms with van der Waals surface area (Å²) in [7, 11) is 0. The lowest BCUT2D eigenvalue weighted by Gasteiger charge is -2.32. The molecule has 0 saturated heterocycles. The van der Waals surface area contributed by atoms with Crippen LogP contribution >= 0.6 is 0 Å². The van der Waals surface area contributed by atoms with Crippen molar-refractivity contribution in [3.8, 4) is 0 Å². The van der Waals surface area contributed by atoms with Gasteiger partial charge in [-0.25, -0.2) is 19.2 Å². The summed E-state index contributed by atoms with van der Waals surface area (Å²) in [5, 5.41) is 28.9. The van der Waals surface area contributed by atoms with Gasteiger partial charge in [-0.05, 0) is 48.4 Å². The predicted octanol–water partition coefficient (Wildman–Crippen LogP) is 3.27. The van der Waals surface area contributed by atoms with Gasteiger partial charge in [-0.15, -0.1) is 0 Å². The summed E-state index contributed by atoms with van der Waals surface area (Å²) in [6.07, 6.45) is -0.0464. The minimum Gasteiger partial charge on any atom is -0.396 e. The fraction of sp³-hybridized carbons (Fsp3) is 0.294. The molecule has 1 heterocycles. The zero-order valence-electron chi connectivity index (χ0n) is 24.5. The first-order valence-electron chi connectivity index (χ1n) is 14.3. The monoisotopic (exact) mass is 603 g/mol. The fourth-order valence-corrected chi connectivity index (χ4v) is 4.41. The number of rotatable bonds is 10. The van der Waals surface area contributed by atoms with Gasteiger partial charge in [0.05, 0.1) is 17.7 Å². The van der Waals surface area contributed by atoms with Crippen molar-refractivity contribution in [2.75, 3.05) is 26.2 Å². The van der Waals surface area contributed by atoms with Crippen LogP contribution in [0.2, 0.25) is 0 Å². The maximum Gasteiger partial charge on any atom is 0.346 e. The first-order chi connectivity index (χ1) is 21.2. The maximum absolute atomic E-state index is 11.7. The molecule has 0 amide bonds. The number of carbonyl (C=O) groups excluding carboxylic acids is 4.